The molecule has 0 aliphatic rings. The summed E-state index contributed by atoms with van der Waals surface area (Å²) in [6.45, 7) is 2.71. The number of nitrogens with one attached hydrogen (secondary N) is 1. The van der Waals surface area contributed by atoms with Crippen molar-refractivity contribution < 1.29 is 4.74 Å². The van der Waals surface area contributed by atoms with Crippen LogP contribution in [0.4, 0.5) is 11.6 Å². The molecule has 1 N–H and O–H groups in total. The number of halogens is 1. The molecule has 1 aromatic carbocycles. The van der Waals surface area contributed by atoms with Gasteiger partial charge in [-0.3, -0.25) is 0 Å². The lowest BCUT2D eigenvalue weighted by molar-refractivity contribution is 0.305. The number of alkyl halides is 1. The predicted molar refractivity (Wildman–Crippen MR) is 77.1 cm³/mol. The summed E-state index contributed by atoms with van der Waals surface area (Å²) < 4.78 is 5.46. The number of nitrogens with zero attached hydrogens (tertiary/aromatic N) is 2. The van der Waals surface area contributed by atoms with Crippen LogP contribution in [0.25, 0.3) is 0 Å². The standard InChI is InChI=1S/C14H16ClN3O/c1-2-9-19-13-7-8-16-14(18-13)17-12-5-3-11(10-15)4-6-12/h3-8H,2,9-10H2,1H3,(H,16,17,18). The van der Waals surface area contributed by atoms with Crippen molar-refractivity contribution in [1.82, 2.24) is 9.97 Å². The first-order chi connectivity index (χ1) is 9.31. The van der Waals surface area contributed by atoms with E-state index in [2.05, 4.69) is 22.2 Å². The summed E-state index contributed by atoms with van der Waals surface area (Å²) in [5.41, 5.74) is 2.00. The minimum Gasteiger partial charge on any atom is -0.478 e. The summed E-state index contributed by atoms with van der Waals surface area (Å²) in [6, 6.07) is 9.57. The van der Waals surface area contributed by atoms with Crippen LogP contribution in [-0.2, 0) is 5.88 Å². The van der Waals surface area contributed by atoms with E-state index in [-0.39, 0.29) is 0 Å². The minimum absolute atomic E-state index is 0.511. The molecule has 0 aliphatic carbocycles. The van der Waals surface area contributed by atoms with Gasteiger partial charge >= 0.3 is 0 Å². The Balaban J connectivity index is 2.05. The smallest absolute Gasteiger partial charge is 0.230 e. The highest BCUT2D eigenvalue weighted by molar-refractivity contribution is 6.17. The van der Waals surface area contributed by atoms with Gasteiger partial charge in [0.25, 0.3) is 0 Å². The first-order valence-corrected chi connectivity index (χ1v) is 6.73. The molecule has 100 valence electrons. The Kier molecular flexibility index (Phi) is 4.98. The third-order valence-corrected chi connectivity index (χ3v) is 2.76. The van der Waals surface area contributed by atoms with Crippen LogP contribution in [0.2, 0.25) is 0 Å². The van der Waals surface area contributed by atoms with Gasteiger partial charge in [-0.1, -0.05) is 19.1 Å². The van der Waals surface area contributed by atoms with Gasteiger partial charge in [-0.05, 0) is 24.1 Å². The maximum absolute atomic E-state index is 5.75. The molecule has 4 nitrogen and oxygen atoms in total. The van der Waals surface area contributed by atoms with Crippen LogP contribution in [0.5, 0.6) is 5.88 Å². The molecule has 0 saturated heterocycles. The number of ether oxygens (including phenoxy) is 1. The Hall–Kier alpha value is -1.81. The molecular formula is C14H16ClN3O. The van der Waals surface area contributed by atoms with Crippen molar-refractivity contribution in [2.45, 2.75) is 19.2 Å². The summed E-state index contributed by atoms with van der Waals surface area (Å²) in [5, 5.41) is 3.13. The number of rotatable bonds is 6. The van der Waals surface area contributed by atoms with Crippen molar-refractivity contribution in [3.8, 4) is 5.88 Å². The first kappa shape index (κ1) is 13.6. The second kappa shape index (κ2) is 6.95. The highest BCUT2D eigenvalue weighted by atomic mass is 35.5. The fourth-order valence-electron chi connectivity index (χ4n) is 1.50. The SMILES string of the molecule is CCCOc1ccnc(Nc2ccc(CCl)cc2)n1. The van der Waals surface area contributed by atoms with Crippen molar-refractivity contribution in [1.29, 1.82) is 0 Å². The molecule has 0 radical (unpaired) electrons. The number of anilines is 2. The summed E-state index contributed by atoms with van der Waals surface area (Å²) in [6.07, 6.45) is 2.63. The second-order valence-electron chi connectivity index (χ2n) is 4.02. The van der Waals surface area contributed by atoms with E-state index in [0.29, 0.717) is 24.3 Å². The van der Waals surface area contributed by atoms with Gasteiger partial charge in [0.1, 0.15) is 0 Å². The monoisotopic (exact) mass is 277 g/mol. The summed E-state index contributed by atoms with van der Waals surface area (Å²) in [7, 11) is 0. The lowest BCUT2D eigenvalue weighted by Crippen LogP contribution is -2.01. The molecule has 0 fully saturated rings. The Morgan fingerprint density at radius 3 is 2.68 bits per heavy atom. The molecule has 0 unspecified atom stereocenters. The maximum Gasteiger partial charge on any atom is 0.230 e. The highest BCUT2D eigenvalue weighted by Crippen LogP contribution is 2.16. The fourth-order valence-corrected chi connectivity index (χ4v) is 1.67. The molecule has 1 heterocycles. The van der Waals surface area contributed by atoms with Gasteiger partial charge in [0.05, 0.1) is 6.61 Å². The van der Waals surface area contributed by atoms with Gasteiger partial charge < -0.3 is 10.1 Å². The van der Waals surface area contributed by atoms with Crippen molar-refractivity contribution in [2.24, 2.45) is 0 Å². The zero-order valence-electron chi connectivity index (χ0n) is 10.8. The molecule has 0 spiro atoms. The van der Waals surface area contributed by atoms with E-state index in [9.17, 15) is 0 Å². The van der Waals surface area contributed by atoms with Gasteiger partial charge in [-0.2, -0.15) is 4.98 Å². The fraction of sp³-hybridized carbons (Fsp3) is 0.286. The van der Waals surface area contributed by atoms with Crippen LogP contribution >= 0.6 is 11.6 Å². The van der Waals surface area contributed by atoms with E-state index < -0.39 is 0 Å². The van der Waals surface area contributed by atoms with Crippen molar-refractivity contribution in [3.63, 3.8) is 0 Å². The molecule has 0 amide bonds. The quantitative estimate of drug-likeness (QED) is 0.817. The normalized spacial score (nSPS) is 10.2. The third kappa shape index (κ3) is 4.10. The lowest BCUT2D eigenvalue weighted by Gasteiger charge is -2.07. The van der Waals surface area contributed by atoms with Gasteiger partial charge in [0, 0.05) is 23.8 Å². The molecule has 0 atom stereocenters. The molecule has 0 saturated carbocycles. The number of aromatic nitrogens is 2. The molecule has 1 aromatic heterocycles. The van der Waals surface area contributed by atoms with Crippen LogP contribution < -0.4 is 10.1 Å². The van der Waals surface area contributed by atoms with Gasteiger partial charge in [-0.15, -0.1) is 11.6 Å². The topological polar surface area (TPSA) is 47.0 Å². The predicted octanol–water partition coefficient (Wildman–Crippen LogP) is 3.75. The number of hydrogen-bond donors (Lipinski definition) is 1. The average molecular weight is 278 g/mol. The summed E-state index contributed by atoms with van der Waals surface area (Å²) in [4.78, 5) is 8.43. The zero-order valence-corrected chi connectivity index (χ0v) is 11.5. The third-order valence-electron chi connectivity index (χ3n) is 2.45. The minimum atomic E-state index is 0.511. The Morgan fingerprint density at radius 2 is 2.00 bits per heavy atom. The van der Waals surface area contributed by atoms with Gasteiger partial charge in [0.15, 0.2) is 0 Å². The van der Waals surface area contributed by atoms with Crippen LogP contribution in [0.3, 0.4) is 0 Å². The molecule has 0 aliphatic heterocycles. The first-order valence-electron chi connectivity index (χ1n) is 6.19. The summed E-state index contributed by atoms with van der Waals surface area (Å²) in [5.74, 6) is 1.61. The molecule has 2 aromatic rings. The van der Waals surface area contributed by atoms with E-state index >= 15 is 0 Å². The van der Waals surface area contributed by atoms with Crippen LogP contribution in [0.15, 0.2) is 36.5 Å². The van der Waals surface area contributed by atoms with Crippen LogP contribution in [0, 0.1) is 0 Å². The molecule has 2 rings (SSSR count). The van der Waals surface area contributed by atoms with E-state index in [0.717, 1.165) is 17.7 Å². The van der Waals surface area contributed by atoms with Crippen molar-refractivity contribution >= 4 is 23.2 Å². The molecular weight excluding hydrogens is 262 g/mol. The van der Waals surface area contributed by atoms with E-state index in [1.807, 2.05) is 24.3 Å². The largest absolute Gasteiger partial charge is 0.478 e. The number of benzene rings is 1. The Bertz CT molecular complexity index is 516. The summed E-state index contributed by atoms with van der Waals surface area (Å²) >= 11 is 5.75. The van der Waals surface area contributed by atoms with Crippen molar-refractivity contribution in [3.05, 3.63) is 42.1 Å². The zero-order chi connectivity index (χ0) is 13.5. The van der Waals surface area contributed by atoms with Crippen molar-refractivity contribution in [2.75, 3.05) is 11.9 Å². The second-order valence-corrected chi connectivity index (χ2v) is 4.29. The van der Waals surface area contributed by atoms with E-state index in [1.165, 1.54) is 0 Å². The lowest BCUT2D eigenvalue weighted by atomic mass is 10.2. The molecule has 0 bridgehead atoms. The molecule has 19 heavy (non-hydrogen) atoms. The molecule has 5 heteroatoms. The van der Waals surface area contributed by atoms with Gasteiger partial charge in [-0.25, -0.2) is 4.98 Å². The Labute approximate surface area is 117 Å². The van der Waals surface area contributed by atoms with E-state index in [1.54, 1.807) is 12.3 Å². The van der Waals surface area contributed by atoms with Gasteiger partial charge in [0.2, 0.25) is 11.8 Å². The number of hydrogen-bond acceptors (Lipinski definition) is 4. The van der Waals surface area contributed by atoms with Crippen LogP contribution in [0.1, 0.15) is 18.9 Å². The maximum atomic E-state index is 5.75. The van der Waals surface area contributed by atoms with Crippen LogP contribution in [-0.4, -0.2) is 16.6 Å². The Morgan fingerprint density at radius 1 is 1.21 bits per heavy atom. The van der Waals surface area contributed by atoms with E-state index in [4.69, 9.17) is 16.3 Å². The highest BCUT2D eigenvalue weighted by Gasteiger charge is 2.01. The average Bonchev–Trinajstić information content (AvgIpc) is 2.46.